The summed E-state index contributed by atoms with van der Waals surface area (Å²) >= 11 is 18.2. The van der Waals surface area contributed by atoms with Crippen LogP contribution in [0.3, 0.4) is 0 Å². The lowest BCUT2D eigenvalue weighted by Crippen LogP contribution is -2.40. The number of carbonyl (C=O) groups is 2. The van der Waals surface area contributed by atoms with Gasteiger partial charge in [0.05, 0.1) is 28.9 Å². The van der Waals surface area contributed by atoms with Crippen molar-refractivity contribution in [2.45, 2.75) is 6.92 Å². The molecule has 0 bridgehead atoms. The molecule has 1 aliphatic heterocycles. The van der Waals surface area contributed by atoms with Crippen LogP contribution >= 0.6 is 34.8 Å². The van der Waals surface area contributed by atoms with Gasteiger partial charge in [0.1, 0.15) is 5.75 Å². The minimum Gasteiger partial charge on any atom is -0.482 e. The summed E-state index contributed by atoms with van der Waals surface area (Å²) in [6.07, 6.45) is 0. The average Bonchev–Trinajstić information content (AvgIpc) is 2.69. The zero-order chi connectivity index (χ0) is 21.0. The van der Waals surface area contributed by atoms with Gasteiger partial charge in [0.25, 0.3) is 11.8 Å². The van der Waals surface area contributed by atoms with Gasteiger partial charge in [-0.05, 0) is 42.8 Å². The molecule has 0 saturated carbocycles. The van der Waals surface area contributed by atoms with E-state index in [4.69, 9.17) is 44.3 Å². The lowest BCUT2D eigenvalue weighted by atomic mass is 10.1. The van der Waals surface area contributed by atoms with E-state index in [1.165, 1.54) is 0 Å². The highest BCUT2D eigenvalue weighted by atomic mass is 35.5. The first kappa shape index (κ1) is 21.7. The predicted molar refractivity (Wildman–Crippen MR) is 113 cm³/mol. The molecule has 29 heavy (non-hydrogen) atoms. The van der Waals surface area contributed by atoms with E-state index in [0.717, 1.165) is 0 Å². The fraction of sp³-hybridized carbons (Fsp3) is 0.300. The molecule has 1 fully saturated rings. The van der Waals surface area contributed by atoms with Crippen molar-refractivity contribution in [3.63, 3.8) is 0 Å². The maximum absolute atomic E-state index is 12.6. The quantitative estimate of drug-likeness (QED) is 0.720. The van der Waals surface area contributed by atoms with Crippen LogP contribution < -0.4 is 10.1 Å². The number of hydrogen-bond donors (Lipinski definition) is 1. The largest absolute Gasteiger partial charge is 0.482 e. The number of nitrogens with zero attached hydrogens (tertiary/aromatic N) is 1. The molecule has 2 aromatic rings. The standard InChI is InChI=1S/C20H19Cl3N2O4/c1-12-8-14(21)10-16(23)19(12)29-11-18(26)24-17-9-13(2-3-15(17)22)20(27)25-4-6-28-7-5-25/h2-3,8-10H,4-7,11H2,1H3,(H,24,26). The van der Waals surface area contributed by atoms with Gasteiger partial charge in [-0.1, -0.05) is 34.8 Å². The van der Waals surface area contributed by atoms with Crippen molar-refractivity contribution >= 4 is 52.3 Å². The summed E-state index contributed by atoms with van der Waals surface area (Å²) in [7, 11) is 0. The highest BCUT2D eigenvalue weighted by Gasteiger charge is 2.20. The van der Waals surface area contributed by atoms with Gasteiger partial charge < -0.3 is 19.7 Å². The molecule has 9 heteroatoms. The minimum absolute atomic E-state index is 0.139. The Bertz CT molecular complexity index is 907. The van der Waals surface area contributed by atoms with E-state index in [2.05, 4.69) is 5.32 Å². The molecular formula is C20H19Cl3N2O4. The number of ether oxygens (including phenoxy) is 2. The fourth-order valence-electron chi connectivity index (χ4n) is 2.90. The monoisotopic (exact) mass is 456 g/mol. The third kappa shape index (κ3) is 5.54. The number of amides is 2. The second-order valence-electron chi connectivity index (χ2n) is 6.47. The van der Waals surface area contributed by atoms with Crippen molar-refractivity contribution in [1.29, 1.82) is 0 Å². The molecule has 0 radical (unpaired) electrons. The van der Waals surface area contributed by atoms with Crippen LogP contribution in [0, 0.1) is 6.92 Å². The predicted octanol–water partition coefficient (Wildman–Crippen LogP) is 4.45. The number of rotatable bonds is 5. The molecule has 1 aliphatic rings. The van der Waals surface area contributed by atoms with Crippen molar-refractivity contribution in [2.24, 2.45) is 0 Å². The van der Waals surface area contributed by atoms with Crippen LogP contribution in [0.2, 0.25) is 15.1 Å². The first-order chi connectivity index (χ1) is 13.8. The molecule has 1 N–H and O–H groups in total. The Morgan fingerprint density at radius 1 is 1.10 bits per heavy atom. The number of nitrogens with one attached hydrogen (secondary N) is 1. The normalized spacial score (nSPS) is 13.9. The zero-order valence-corrected chi connectivity index (χ0v) is 17.9. The Labute approximate surface area is 183 Å². The van der Waals surface area contributed by atoms with E-state index in [9.17, 15) is 9.59 Å². The number of halogens is 3. The van der Waals surface area contributed by atoms with E-state index in [-0.39, 0.29) is 12.5 Å². The van der Waals surface area contributed by atoms with Gasteiger partial charge in [0.15, 0.2) is 6.61 Å². The van der Waals surface area contributed by atoms with Crippen LogP contribution in [0.4, 0.5) is 5.69 Å². The summed E-state index contributed by atoms with van der Waals surface area (Å²) < 4.78 is 10.8. The van der Waals surface area contributed by atoms with E-state index >= 15 is 0 Å². The number of anilines is 1. The van der Waals surface area contributed by atoms with Gasteiger partial charge in [-0.2, -0.15) is 0 Å². The Kier molecular flexibility index (Phi) is 7.24. The zero-order valence-electron chi connectivity index (χ0n) is 15.6. The van der Waals surface area contributed by atoms with Crippen molar-refractivity contribution in [2.75, 3.05) is 38.2 Å². The molecule has 0 atom stereocenters. The number of benzene rings is 2. The van der Waals surface area contributed by atoms with Crippen molar-refractivity contribution in [3.05, 3.63) is 56.5 Å². The number of morpholine rings is 1. The Morgan fingerprint density at radius 3 is 2.52 bits per heavy atom. The van der Waals surface area contributed by atoms with Crippen LogP contribution in [-0.4, -0.2) is 49.6 Å². The van der Waals surface area contributed by atoms with Gasteiger partial charge in [-0.25, -0.2) is 0 Å². The summed E-state index contributed by atoms with van der Waals surface area (Å²) in [5, 5.41) is 3.79. The summed E-state index contributed by atoms with van der Waals surface area (Å²) in [6.45, 7) is 3.57. The summed E-state index contributed by atoms with van der Waals surface area (Å²) in [5.74, 6) is -0.192. The molecule has 6 nitrogen and oxygen atoms in total. The third-order valence-electron chi connectivity index (χ3n) is 4.33. The van der Waals surface area contributed by atoms with Crippen LogP contribution in [0.15, 0.2) is 30.3 Å². The Morgan fingerprint density at radius 2 is 1.83 bits per heavy atom. The van der Waals surface area contributed by atoms with E-state index in [1.54, 1.807) is 42.2 Å². The molecule has 0 unspecified atom stereocenters. The summed E-state index contributed by atoms with van der Waals surface area (Å²) in [4.78, 5) is 26.7. The second kappa shape index (κ2) is 9.67. The number of carbonyl (C=O) groups excluding carboxylic acids is 2. The van der Waals surface area contributed by atoms with Crippen molar-refractivity contribution in [3.8, 4) is 5.75 Å². The Balaban J connectivity index is 1.66. The SMILES string of the molecule is Cc1cc(Cl)cc(Cl)c1OCC(=O)Nc1cc(C(=O)N2CCOCC2)ccc1Cl. The smallest absolute Gasteiger partial charge is 0.262 e. The fourth-order valence-corrected chi connectivity index (χ4v) is 3.71. The van der Waals surface area contributed by atoms with Gasteiger partial charge >= 0.3 is 0 Å². The molecule has 154 valence electrons. The number of aryl methyl sites for hydroxylation is 1. The minimum atomic E-state index is -0.437. The molecule has 2 amide bonds. The summed E-state index contributed by atoms with van der Waals surface area (Å²) in [6, 6.07) is 7.99. The molecule has 0 spiro atoms. The van der Waals surface area contributed by atoms with Gasteiger partial charge in [0, 0.05) is 23.7 Å². The van der Waals surface area contributed by atoms with Crippen molar-refractivity contribution in [1.82, 2.24) is 4.90 Å². The molecule has 0 aromatic heterocycles. The van der Waals surface area contributed by atoms with Gasteiger partial charge in [0.2, 0.25) is 0 Å². The van der Waals surface area contributed by atoms with Crippen LogP contribution in [-0.2, 0) is 9.53 Å². The van der Waals surface area contributed by atoms with E-state index in [1.807, 2.05) is 0 Å². The molecule has 0 aliphatic carbocycles. The first-order valence-electron chi connectivity index (χ1n) is 8.90. The van der Waals surface area contributed by atoms with E-state index in [0.29, 0.717) is 63.9 Å². The van der Waals surface area contributed by atoms with Crippen molar-refractivity contribution < 1.29 is 19.1 Å². The highest BCUT2D eigenvalue weighted by molar-refractivity contribution is 6.35. The second-order valence-corrected chi connectivity index (χ2v) is 7.72. The molecule has 3 rings (SSSR count). The van der Waals surface area contributed by atoms with Gasteiger partial charge in [-0.15, -0.1) is 0 Å². The van der Waals surface area contributed by atoms with Crippen LogP contribution in [0.5, 0.6) is 5.75 Å². The lowest BCUT2D eigenvalue weighted by Gasteiger charge is -2.27. The lowest BCUT2D eigenvalue weighted by molar-refractivity contribution is -0.118. The van der Waals surface area contributed by atoms with Crippen LogP contribution in [0.1, 0.15) is 15.9 Å². The topological polar surface area (TPSA) is 67.9 Å². The molecule has 1 saturated heterocycles. The molecule has 1 heterocycles. The maximum atomic E-state index is 12.6. The van der Waals surface area contributed by atoms with Crippen LogP contribution in [0.25, 0.3) is 0 Å². The summed E-state index contributed by atoms with van der Waals surface area (Å²) in [5.41, 5.74) is 1.48. The first-order valence-corrected chi connectivity index (χ1v) is 10.0. The third-order valence-corrected chi connectivity index (χ3v) is 5.16. The molecule has 2 aromatic carbocycles. The number of hydrogen-bond acceptors (Lipinski definition) is 4. The Hall–Kier alpha value is -1.99. The van der Waals surface area contributed by atoms with E-state index < -0.39 is 5.91 Å². The average molecular weight is 458 g/mol. The molecular weight excluding hydrogens is 439 g/mol. The highest BCUT2D eigenvalue weighted by Crippen LogP contribution is 2.32. The maximum Gasteiger partial charge on any atom is 0.262 e. The van der Waals surface area contributed by atoms with Gasteiger partial charge in [-0.3, -0.25) is 9.59 Å².